The lowest BCUT2D eigenvalue weighted by molar-refractivity contribution is -0.117. The molecule has 2 amide bonds. The fourth-order valence-corrected chi connectivity index (χ4v) is 5.04. The van der Waals surface area contributed by atoms with Gasteiger partial charge in [0.05, 0.1) is 12.2 Å². The van der Waals surface area contributed by atoms with Crippen LogP contribution >= 0.6 is 0 Å². The van der Waals surface area contributed by atoms with Crippen molar-refractivity contribution in [3.05, 3.63) is 76.6 Å². The summed E-state index contributed by atoms with van der Waals surface area (Å²) in [5, 5.41) is 7.81. The van der Waals surface area contributed by atoms with E-state index in [9.17, 15) is 9.59 Å². The van der Waals surface area contributed by atoms with Crippen molar-refractivity contribution in [2.45, 2.75) is 33.1 Å². The molecule has 0 radical (unpaired) electrons. The first kappa shape index (κ1) is 22.3. The minimum Gasteiger partial charge on any atom is -0.335 e. The third kappa shape index (κ3) is 4.35. The van der Waals surface area contributed by atoms with Gasteiger partial charge in [0.25, 0.3) is 5.91 Å². The first-order chi connectivity index (χ1) is 16.5. The molecule has 0 unspecified atom stereocenters. The van der Waals surface area contributed by atoms with Gasteiger partial charge in [0.1, 0.15) is 0 Å². The van der Waals surface area contributed by atoms with Gasteiger partial charge in [-0.05, 0) is 56.4 Å². The largest absolute Gasteiger partial charge is 0.335 e. The zero-order valence-corrected chi connectivity index (χ0v) is 19.9. The van der Waals surface area contributed by atoms with E-state index in [1.54, 1.807) is 0 Å². The van der Waals surface area contributed by atoms with Gasteiger partial charge < -0.3 is 10.2 Å². The number of aromatic nitrogens is 2. The number of carbonyl (C=O) groups excluding carboxylic acids is 2. The second kappa shape index (κ2) is 9.43. The van der Waals surface area contributed by atoms with Crippen molar-refractivity contribution in [2.24, 2.45) is 0 Å². The normalized spacial score (nSPS) is 15.9. The van der Waals surface area contributed by atoms with Crippen LogP contribution in [-0.2, 0) is 17.6 Å². The number of carbonyl (C=O) groups is 2. The van der Waals surface area contributed by atoms with Crippen molar-refractivity contribution >= 4 is 17.5 Å². The molecule has 3 aromatic rings. The number of benzene rings is 2. The van der Waals surface area contributed by atoms with E-state index in [0.717, 1.165) is 53.0 Å². The number of hydrogen-bond donors (Lipinski definition) is 1. The molecular formula is C27H31N5O2. The summed E-state index contributed by atoms with van der Waals surface area (Å²) in [6.07, 6.45) is 2.92. The van der Waals surface area contributed by atoms with Gasteiger partial charge in [-0.15, -0.1) is 0 Å². The van der Waals surface area contributed by atoms with Crippen LogP contribution in [0.3, 0.4) is 0 Å². The van der Waals surface area contributed by atoms with Gasteiger partial charge in [0.15, 0.2) is 5.69 Å². The molecule has 34 heavy (non-hydrogen) atoms. The van der Waals surface area contributed by atoms with Crippen molar-refractivity contribution in [1.82, 2.24) is 19.6 Å². The van der Waals surface area contributed by atoms with Gasteiger partial charge in [0.2, 0.25) is 5.91 Å². The number of nitrogens with zero attached hydrogens (tertiary/aromatic N) is 4. The van der Waals surface area contributed by atoms with Gasteiger partial charge in [0, 0.05) is 43.1 Å². The van der Waals surface area contributed by atoms with E-state index in [4.69, 9.17) is 5.10 Å². The molecule has 176 valence electrons. The van der Waals surface area contributed by atoms with Crippen LogP contribution in [0.2, 0.25) is 0 Å². The number of hydrogen-bond acceptors (Lipinski definition) is 4. The summed E-state index contributed by atoms with van der Waals surface area (Å²) in [4.78, 5) is 30.0. The zero-order valence-electron chi connectivity index (χ0n) is 19.9. The average Bonchev–Trinajstić information content (AvgIpc) is 3.45. The minimum atomic E-state index is -0.0170. The molecule has 0 saturated carbocycles. The minimum absolute atomic E-state index is 0.00691. The van der Waals surface area contributed by atoms with E-state index >= 15 is 0 Å². The molecular weight excluding hydrogens is 426 g/mol. The Morgan fingerprint density at radius 1 is 0.912 bits per heavy atom. The number of nitrogens with one attached hydrogen (secondary N) is 1. The molecule has 0 bridgehead atoms. The maximum atomic E-state index is 13.4. The maximum absolute atomic E-state index is 13.4. The molecule has 1 aliphatic heterocycles. The lowest BCUT2D eigenvalue weighted by Gasteiger charge is -2.34. The lowest BCUT2D eigenvalue weighted by atomic mass is 10.1. The number of rotatable bonds is 5. The third-order valence-corrected chi connectivity index (χ3v) is 6.91. The van der Waals surface area contributed by atoms with Crippen molar-refractivity contribution in [1.29, 1.82) is 0 Å². The quantitative estimate of drug-likeness (QED) is 0.638. The molecule has 7 heteroatoms. The van der Waals surface area contributed by atoms with Crippen LogP contribution < -0.4 is 5.32 Å². The van der Waals surface area contributed by atoms with Gasteiger partial charge in [-0.2, -0.15) is 5.10 Å². The molecule has 2 aliphatic rings. The summed E-state index contributed by atoms with van der Waals surface area (Å²) in [7, 11) is 0. The number of fused-ring (bicyclic) bond motifs is 1. The van der Waals surface area contributed by atoms with Crippen LogP contribution in [0.1, 0.15) is 39.3 Å². The molecule has 5 rings (SSSR count). The van der Waals surface area contributed by atoms with Crippen molar-refractivity contribution in [2.75, 3.05) is 38.0 Å². The third-order valence-electron chi connectivity index (χ3n) is 6.91. The molecule has 0 spiro atoms. The summed E-state index contributed by atoms with van der Waals surface area (Å²) in [5.41, 5.74) is 6.87. The van der Waals surface area contributed by atoms with E-state index in [2.05, 4.69) is 10.2 Å². The topological polar surface area (TPSA) is 70.5 Å². The number of aryl methyl sites for hydroxylation is 2. The zero-order chi connectivity index (χ0) is 23.7. The van der Waals surface area contributed by atoms with Crippen LogP contribution in [0, 0.1) is 13.8 Å². The Kier molecular flexibility index (Phi) is 6.20. The fourth-order valence-electron chi connectivity index (χ4n) is 5.04. The highest BCUT2D eigenvalue weighted by Crippen LogP contribution is 2.29. The summed E-state index contributed by atoms with van der Waals surface area (Å²) in [5.74, 6) is -0.0101. The molecule has 2 heterocycles. The predicted molar refractivity (Wildman–Crippen MR) is 132 cm³/mol. The van der Waals surface area contributed by atoms with Crippen LogP contribution in [-0.4, -0.2) is 64.1 Å². The highest BCUT2D eigenvalue weighted by atomic mass is 16.2. The number of piperazine rings is 1. The lowest BCUT2D eigenvalue weighted by Crippen LogP contribution is -2.50. The molecule has 1 aliphatic carbocycles. The fraction of sp³-hybridized carbons (Fsp3) is 0.370. The predicted octanol–water partition coefficient (Wildman–Crippen LogP) is 3.37. The molecule has 1 saturated heterocycles. The van der Waals surface area contributed by atoms with Crippen molar-refractivity contribution in [3.63, 3.8) is 0 Å². The van der Waals surface area contributed by atoms with Gasteiger partial charge >= 0.3 is 0 Å². The van der Waals surface area contributed by atoms with E-state index < -0.39 is 0 Å². The Morgan fingerprint density at radius 2 is 1.62 bits per heavy atom. The first-order valence-corrected chi connectivity index (χ1v) is 12.0. The molecule has 7 nitrogen and oxygen atoms in total. The summed E-state index contributed by atoms with van der Waals surface area (Å²) in [6.45, 7) is 6.88. The Hall–Kier alpha value is -3.45. The average molecular weight is 458 g/mol. The SMILES string of the molecule is Cc1cccc(C)c1NC(=O)CN1CCN(C(=O)c2nn(-c3ccccc3)c3c2CCC3)CC1. The standard InChI is InChI=1S/C27H31N5O2/c1-19-8-6-9-20(2)25(19)28-24(33)18-30-14-16-31(17-15-30)27(34)26-22-12-7-13-23(22)32(29-26)21-10-4-3-5-11-21/h3-6,8-11H,7,12-18H2,1-2H3,(H,28,33). The summed E-state index contributed by atoms with van der Waals surface area (Å²) < 4.78 is 1.95. The smallest absolute Gasteiger partial charge is 0.274 e. The van der Waals surface area contributed by atoms with E-state index in [1.165, 1.54) is 0 Å². The van der Waals surface area contributed by atoms with E-state index in [-0.39, 0.29) is 11.8 Å². The Labute approximate surface area is 200 Å². The van der Waals surface area contributed by atoms with Gasteiger partial charge in [-0.3, -0.25) is 14.5 Å². The monoisotopic (exact) mass is 457 g/mol. The Balaban J connectivity index is 1.22. The molecule has 2 aromatic carbocycles. The van der Waals surface area contributed by atoms with Crippen LogP contribution in [0.25, 0.3) is 5.69 Å². The van der Waals surface area contributed by atoms with Crippen LogP contribution in [0.15, 0.2) is 48.5 Å². The molecule has 0 atom stereocenters. The van der Waals surface area contributed by atoms with E-state index in [0.29, 0.717) is 38.4 Å². The number of para-hydroxylation sites is 2. The Bertz CT molecular complexity index is 1190. The number of amides is 2. The molecule has 1 N–H and O–H groups in total. The number of anilines is 1. The van der Waals surface area contributed by atoms with Gasteiger partial charge in [-0.1, -0.05) is 36.4 Å². The van der Waals surface area contributed by atoms with Crippen molar-refractivity contribution in [3.8, 4) is 5.69 Å². The van der Waals surface area contributed by atoms with Gasteiger partial charge in [-0.25, -0.2) is 4.68 Å². The van der Waals surface area contributed by atoms with Crippen molar-refractivity contribution < 1.29 is 9.59 Å². The second-order valence-corrected chi connectivity index (χ2v) is 9.26. The highest BCUT2D eigenvalue weighted by molar-refractivity contribution is 5.95. The molecule has 1 fully saturated rings. The summed E-state index contributed by atoms with van der Waals surface area (Å²) >= 11 is 0. The van der Waals surface area contributed by atoms with E-state index in [1.807, 2.05) is 72.0 Å². The van der Waals surface area contributed by atoms with Crippen LogP contribution in [0.5, 0.6) is 0 Å². The summed E-state index contributed by atoms with van der Waals surface area (Å²) in [6, 6.07) is 16.0. The van der Waals surface area contributed by atoms with Crippen LogP contribution in [0.4, 0.5) is 5.69 Å². The maximum Gasteiger partial charge on any atom is 0.274 e. The highest BCUT2D eigenvalue weighted by Gasteiger charge is 2.31. The first-order valence-electron chi connectivity index (χ1n) is 12.0. The molecule has 1 aromatic heterocycles. The second-order valence-electron chi connectivity index (χ2n) is 9.26. The Morgan fingerprint density at radius 3 is 2.32 bits per heavy atom.